The third kappa shape index (κ3) is 2.29. The van der Waals surface area contributed by atoms with Gasteiger partial charge >= 0.3 is 0 Å². The van der Waals surface area contributed by atoms with Crippen LogP contribution in [0.15, 0.2) is 0 Å². The maximum Gasteiger partial charge on any atom is 0.136 e. The van der Waals surface area contributed by atoms with Crippen LogP contribution in [0.1, 0.15) is 25.7 Å². The van der Waals surface area contributed by atoms with Crippen molar-refractivity contribution in [3.8, 4) is 0 Å². The Labute approximate surface area is 73.5 Å². The lowest BCUT2D eigenvalue weighted by atomic mass is 10.2. The molecule has 0 bridgehead atoms. The van der Waals surface area contributed by atoms with Crippen molar-refractivity contribution in [2.75, 3.05) is 14.2 Å². The molecular formula is C9H17NO2. The van der Waals surface area contributed by atoms with Crippen LogP contribution < -0.4 is 5.32 Å². The summed E-state index contributed by atoms with van der Waals surface area (Å²) in [5, 5.41) is 3.32. The van der Waals surface area contributed by atoms with Crippen molar-refractivity contribution in [3.05, 3.63) is 0 Å². The van der Waals surface area contributed by atoms with Gasteiger partial charge in [0.05, 0.1) is 6.04 Å². The molecule has 1 aliphatic heterocycles. The first-order chi connectivity index (χ1) is 5.76. The van der Waals surface area contributed by atoms with E-state index in [0.717, 1.165) is 12.7 Å². The van der Waals surface area contributed by atoms with Gasteiger partial charge in [0.25, 0.3) is 0 Å². The molecule has 2 fully saturated rings. The molecule has 0 aromatic rings. The van der Waals surface area contributed by atoms with Crippen molar-refractivity contribution in [1.29, 1.82) is 0 Å². The molecule has 1 aliphatic carbocycles. The highest BCUT2D eigenvalue weighted by molar-refractivity contribution is 5.58. The fraction of sp³-hybridized carbons (Fsp3) is 0.889. The number of hydrogen-bond donors (Lipinski definition) is 1. The van der Waals surface area contributed by atoms with Gasteiger partial charge in [0.1, 0.15) is 6.29 Å². The van der Waals surface area contributed by atoms with Gasteiger partial charge < -0.3 is 14.8 Å². The van der Waals surface area contributed by atoms with Gasteiger partial charge in [0.2, 0.25) is 0 Å². The summed E-state index contributed by atoms with van der Waals surface area (Å²) in [6.45, 7) is 0. The molecule has 3 heteroatoms. The molecule has 1 saturated carbocycles. The lowest BCUT2D eigenvalue weighted by Crippen LogP contribution is -2.31. The standard InChI is InChI=1S/C7H11NO.C2H6O/c9-5-6-1-2-7(8-6)3-4-7;1-3-2/h5-6,8H,1-4H2;1-2H3. The Balaban J connectivity index is 0.000000213. The quantitative estimate of drug-likeness (QED) is 0.591. The molecule has 1 heterocycles. The first-order valence-electron chi connectivity index (χ1n) is 4.39. The second kappa shape index (κ2) is 4.01. The zero-order valence-corrected chi connectivity index (χ0v) is 7.80. The highest BCUT2D eigenvalue weighted by atomic mass is 16.4. The zero-order chi connectivity index (χ0) is 9.03. The molecule has 70 valence electrons. The van der Waals surface area contributed by atoms with E-state index in [0.29, 0.717) is 5.54 Å². The van der Waals surface area contributed by atoms with Crippen LogP contribution in [0.3, 0.4) is 0 Å². The molecule has 1 N–H and O–H groups in total. The second-order valence-electron chi connectivity index (χ2n) is 3.61. The molecule has 0 aromatic carbocycles. The summed E-state index contributed by atoms with van der Waals surface area (Å²) in [5.74, 6) is 0. The number of carbonyl (C=O) groups excluding carboxylic acids is 1. The SMILES string of the molecule is COC.O=CC1CCC2(CC2)N1. The Bertz CT molecular complexity index is 155. The lowest BCUT2D eigenvalue weighted by molar-refractivity contribution is -0.109. The Morgan fingerprint density at radius 2 is 2.00 bits per heavy atom. The van der Waals surface area contributed by atoms with Gasteiger partial charge in [0, 0.05) is 19.8 Å². The maximum atomic E-state index is 10.3. The van der Waals surface area contributed by atoms with Crippen LogP contribution in [0, 0.1) is 0 Å². The number of methoxy groups -OCH3 is 1. The van der Waals surface area contributed by atoms with Gasteiger partial charge in [-0.25, -0.2) is 0 Å². The average molecular weight is 171 g/mol. The molecule has 3 nitrogen and oxygen atoms in total. The summed E-state index contributed by atoms with van der Waals surface area (Å²) < 4.78 is 4.25. The summed E-state index contributed by atoms with van der Waals surface area (Å²) in [5.41, 5.74) is 0.436. The number of aldehydes is 1. The van der Waals surface area contributed by atoms with Crippen LogP contribution in [-0.4, -0.2) is 32.1 Å². The summed E-state index contributed by atoms with van der Waals surface area (Å²) in [6.07, 6.45) is 5.89. The van der Waals surface area contributed by atoms with Crippen LogP contribution in [-0.2, 0) is 9.53 Å². The van der Waals surface area contributed by atoms with Crippen LogP contribution in [0.5, 0.6) is 0 Å². The van der Waals surface area contributed by atoms with Gasteiger partial charge in [-0.1, -0.05) is 0 Å². The van der Waals surface area contributed by atoms with Gasteiger partial charge in [-0.2, -0.15) is 0 Å². The first kappa shape index (κ1) is 9.68. The summed E-state index contributed by atoms with van der Waals surface area (Å²) in [6, 6.07) is 0.174. The van der Waals surface area contributed by atoms with E-state index in [1.807, 2.05) is 0 Å². The molecule has 0 aromatic heterocycles. The zero-order valence-electron chi connectivity index (χ0n) is 7.80. The fourth-order valence-corrected chi connectivity index (χ4v) is 1.62. The first-order valence-corrected chi connectivity index (χ1v) is 4.39. The topological polar surface area (TPSA) is 38.3 Å². The van der Waals surface area contributed by atoms with Crippen LogP contribution in [0.25, 0.3) is 0 Å². The molecule has 1 saturated heterocycles. The number of nitrogens with one attached hydrogen (secondary N) is 1. The molecule has 0 radical (unpaired) electrons. The average Bonchev–Trinajstić information content (AvgIpc) is 2.64. The molecular weight excluding hydrogens is 154 g/mol. The summed E-state index contributed by atoms with van der Waals surface area (Å²) in [7, 11) is 3.25. The largest absolute Gasteiger partial charge is 0.388 e. The van der Waals surface area contributed by atoms with Gasteiger partial charge in [-0.3, -0.25) is 0 Å². The summed E-state index contributed by atoms with van der Waals surface area (Å²) in [4.78, 5) is 10.3. The third-order valence-electron chi connectivity index (χ3n) is 2.44. The molecule has 2 rings (SSSR count). The minimum atomic E-state index is 0.174. The molecule has 1 atom stereocenters. The van der Waals surface area contributed by atoms with Gasteiger partial charge in [0.15, 0.2) is 0 Å². The minimum Gasteiger partial charge on any atom is -0.388 e. The predicted octanol–water partition coefficient (Wildman–Crippen LogP) is 0.732. The monoisotopic (exact) mass is 171 g/mol. The van der Waals surface area contributed by atoms with E-state index < -0.39 is 0 Å². The molecule has 0 amide bonds. The van der Waals surface area contributed by atoms with Crippen LogP contribution in [0.2, 0.25) is 0 Å². The van der Waals surface area contributed by atoms with Gasteiger partial charge in [-0.05, 0) is 25.7 Å². The number of rotatable bonds is 1. The Kier molecular flexibility index (Phi) is 3.23. The fourth-order valence-electron chi connectivity index (χ4n) is 1.62. The van der Waals surface area contributed by atoms with Crippen molar-refractivity contribution < 1.29 is 9.53 Å². The Morgan fingerprint density at radius 1 is 1.42 bits per heavy atom. The van der Waals surface area contributed by atoms with Crippen molar-refractivity contribution >= 4 is 6.29 Å². The normalized spacial score (nSPS) is 29.3. The second-order valence-corrected chi connectivity index (χ2v) is 3.61. The highest BCUT2D eigenvalue weighted by Crippen LogP contribution is 2.43. The number of carbonyl (C=O) groups is 1. The highest BCUT2D eigenvalue weighted by Gasteiger charge is 2.47. The summed E-state index contributed by atoms with van der Waals surface area (Å²) >= 11 is 0. The van der Waals surface area contributed by atoms with Crippen molar-refractivity contribution in [3.63, 3.8) is 0 Å². The lowest BCUT2D eigenvalue weighted by Gasteiger charge is -2.05. The molecule has 2 aliphatic rings. The van der Waals surface area contributed by atoms with E-state index >= 15 is 0 Å². The molecule has 12 heavy (non-hydrogen) atoms. The Hall–Kier alpha value is -0.410. The van der Waals surface area contributed by atoms with Crippen LogP contribution in [0.4, 0.5) is 0 Å². The van der Waals surface area contributed by atoms with E-state index in [1.165, 1.54) is 19.3 Å². The van der Waals surface area contributed by atoms with Crippen molar-refractivity contribution in [2.45, 2.75) is 37.3 Å². The smallest absolute Gasteiger partial charge is 0.136 e. The Morgan fingerprint density at radius 3 is 2.25 bits per heavy atom. The van der Waals surface area contributed by atoms with Crippen LogP contribution >= 0.6 is 0 Å². The predicted molar refractivity (Wildman–Crippen MR) is 47.1 cm³/mol. The van der Waals surface area contributed by atoms with E-state index in [1.54, 1.807) is 14.2 Å². The van der Waals surface area contributed by atoms with E-state index in [-0.39, 0.29) is 6.04 Å². The van der Waals surface area contributed by atoms with E-state index in [2.05, 4.69) is 10.1 Å². The number of ether oxygens (including phenoxy) is 1. The van der Waals surface area contributed by atoms with Gasteiger partial charge in [-0.15, -0.1) is 0 Å². The van der Waals surface area contributed by atoms with E-state index in [9.17, 15) is 4.79 Å². The van der Waals surface area contributed by atoms with Crippen molar-refractivity contribution in [2.24, 2.45) is 0 Å². The minimum absolute atomic E-state index is 0.174. The third-order valence-corrected chi connectivity index (χ3v) is 2.44. The molecule has 1 spiro atoms. The maximum absolute atomic E-state index is 10.3. The molecule has 1 unspecified atom stereocenters. The van der Waals surface area contributed by atoms with Crippen molar-refractivity contribution in [1.82, 2.24) is 5.32 Å². The van der Waals surface area contributed by atoms with E-state index in [4.69, 9.17) is 0 Å². The number of hydrogen-bond acceptors (Lipinski definition) is 3.